The fraction of sp³-hybridized carbons (Fsp3) is 0.320. The van der Waals surface area contributed by atoms with Gasteiger partial charge in [-0.05, 0) is 57.2 Å². The van der Waals surface area contributed by atoms with Crippen LogP contribution >= 0.6 is 0 Å². The van der Waals surface area contributed by atoms with Gasteiger partial charge in [0.25, 0.3) is 5.91 Å². The van der Waals surface area contributed by atoms with E-state index in [0.717, 1.165) is 37.2 Å². The second-order valence-corrected chi connectivity index (χ2v) is 8.37. The molecular formula is C25H29N5O3. The summed E-state index contributed by atoms with van der Waals surface area (Å²) in [7, 11) is 4.27. The predicted molar refractivity (Wildman–Crippen MR) is 128 cm³/mol. The number of aromatic nitrogens is 1. The fourth-order valence-electron chi connectivity index (χ4n) is 3.95. The maximum Gasteiger partial charge on any atom is 0.273 e. The third kappa shape index (κ3) is 5.78. The largest absolute Gasteiger partial charge is 0.372 e. The first-order valence-corrected chi connectivity index (χ1v) is 11.1. The first-order chi connectivity index (χ1) is 16.0. The van der Waals surface area contributed by atoms with Crippen LogP contribution in [0.2, 0.25) is 0 Å². The zero-order chi connectivity index (χ0) is 23.2. The molecule has 0 radical (unpaired) electrons. The lowest BCUT2D eigenvalue weighted by molar-refractivity contribution is -0.115. The smallest absolute Gasteiger partial charge is 0.273 e. The Kier molecular flexibility index (Phi) is 7.04. The number of anilines is 2. The quantitative estimate of drug-likeness (QED) is 0.578. The average molecular weight is 448 g/mol. The number of hydrogen-bond donors (Lipinski definition) is 2. The molecule has 0 bridgehead atoms. The van der Waals surface area contributed by atoms with Crippen molar-refractivity contribution in [2.24, 2.45) is 0 Å². The van der Waals surface area contributed by atoms with E-state index in [1.165, 1.54) is 0 Å². The second kappa shape index (κ2) is 10.3. The molecule has 0 spiro atoms. The lowest BCUT2D eigenvalue weighted by Gasteiger charge is -2.36. The SMILES string of the molecule is CN1CCC(N(C)c2ccc(NC(=O)CNC(=O)c3cc(-c4ccccc4)on3)cc2)CC1. The third-order valence-electron chi connectivity index (χ3n) is 6.00. The zero-order valence-electron chi connectivity index (χ0n) is 19.0. The van der Waals surface area contributed by atoms with Gasteiger partial charge in [-0.3, -0.25) is 9.59 Å². The van der Waals surface area contributed by atoms with Crippen LogP contribution in [0.4, 0.5) is 11.4 Å². The summed E-state index contributed by atoms with van der Waals surface area (Å²) >= 11 is 0. The highest BCUT2D eigenvalue weighted by Gasteiger charge is 2.21. The van der Waals surface area contributed by atoms with Crippen LogP contribution < -0.4 is 15.5 Å². The minimum absolute atomic E-state index is 0.128. The highest BCUT2D eigenvalue weighted by Crippen LogP contribution is 2.23. The summed E-state index contributed by atoms with van der Waals surface area (Å²) in [6.07, 6.45) is 2.28. The van der Waals surface area contributed by atoms with Crippen LogP contribution in [0, 0.1) is 0 Å². The lowest BCUT2D eigenvalue weighted by Crippen LogP contribution is -2.41. The summed E-state index contributed by atoms with van der Waals surface area (Å²) in [5.41, 5.74) is 2.76. The number of rotatable bonds is 7. The average Bonchev–Trinajstić information content (AvgIpc) is 3.34. The molecule has 0 atom stereocenters. The zero-order valence-corrected chi connectivity index (χ0v) is 19.0. The molecule has 8 nitrogen and oxygen atoms in total. The van der Waals surface area contributed by atoms with E-state index in [2.05, 4.69) is 39.7 Å². The summed E-state index contributed by atoms with van der Waals surface area (Å²) in [4.78, 5) is 29.3. The first-order valence-electron chi connectivity index (χ1n) is 11.1. The summed E-state index contributed by atoms with van der Waals surface area (Å²) in [6, 6.07) is 19.2. The van der Waals surface area contributed by atoms with Crippen LogP contribution in [0.25, 0.3) is 11.3 Å². The molecular weight excluding hydrogens is 418 g/mol. The van der Waals surface area contributed by atoms with E-state index in [1.807, 2.05) is 54.6 Å². The molecule has 0 saturated carbocycles. The number of carbonyl (C=O) groups excluding carboxylic acids is 2. The van der Waals surface area contributed by atoms with Gasteiger partial charge in [-0.1, -0.05) is 35.5 Å². The lowest BCUT2D eigenvalue weighted by atomic mass is 10.0. The Labute approximate surface area is 193 Å². The van der Waals surface area contributed by atoms with Gasteiger partial charge < -0.3 is 25.0 Å². The molecule has 2 aromatic carbocycles. The Bertz CT molecular complexity index is 1070. The Balaban J connectivity index is 1.26. The van der Waals surface area contributed by atoms with Gasteiger partial charge in [-0.2, -0.15) is 0 Å². The van der Waals surface area contributed by atoms with E-state index in [9.17, 15) is 9.59 Å². The van der Waals surface area contributed by atoms with Gasteiger partial charge in [0.2, 0.25) is 5.91 Å². The van der Waals surface area contributed by atoms with Crippen molar-refractivity contribution in [1.82, 2.24) is 15.4 Å². The monoisotopic (exact) mass is 447 g/mol. The second-order valence-electron chi connectivity index (χ2n) is 8.37. The number of benzene rings is 2. The van der Waals surface area contributed by atoms with E-state index < -0.39 is 5.91 Å². The molecule has 0 aliphatic carbocycles. The highest BCUT2D eigenvalue weighted by atomic mass is 16.5. The molecule has 2 heterocycles. The molecule has 2 N–H and O–H groups in total. The molecule has 0 unspecified atom stereocenters. The Hall–Kier alpha value is -3.65. The highest BCUT2D eigenvalue weighted by molar-refractivity contribution is 5.98. The minimum Gasteiger partial charge on any atom is -0.372 e. The van der Waals surface area contributed by atoms with Gasteiger partial charge in [-0.15, -0.1) is 0 Å². The molecule has 1 saturated heterocycles. The summed E-state index contributed by atoms with van der Waals surface area (Å²) in [6.45, 7) is 2.05. The summed E-state index contributed by atoms with van der Waals surface area (Å²) in [5.74, 6) is -0.284. The van der Waals surface area contributed by atoms with E-state index in [0.29, 0.717) is 17.5 Å². The van der Waals surface area contributed by atoms with Gasteiger partial charge in [0.05, 0.1) is 6.54 Å². The van der Waals surface area contributed by atoms with E-state index >= 15 is 0 Å². The van der Waals surface area contributed by atoms with Gasteiger partial charge in [0.15, 0.2) is 11.5 Å². The molecule has 172 valence electrons. The molecule has 8 heteroatoms. The van der Waals surface area contributed by atoms with Crippen molar-refractivity contribution in [2.75, 3.05) is 43.9 Å². The maximum absolute atomic E-state index is 12.3. The number of nitrogens with one attached hydrogen (secondary N) is 2. The maximum atomic E-state index is 12.3. The molecule has 1 aliphatic rings. The van der Waals surface area contributed by atoms with Crippen molar-refractivity contribution in [3.8, 4) is 11.3 Å². The summed E-state index contributed by atoms with van der Waals surface area (Å²) in [5, 5.41) is 9.18. The number of amides is 2. The van der Waals surface area contributed by atoms with Crippen LogP contribution in [-0.4, -0.2) is 61.6 Å². The standard InChI is InChI=1S/C25H29N5O3/c1-29-14-12-21(13-15-29)30(2)20-10-8-19(9-11-20)27-24(31)17-26-25(32)22-16-23(33-28-22)18-6-4-3-5-7-18/h3-11,16,21H,12-15,17H2,1-2H3,(H,26,32)(H,27,31). The van der Waals surface area contributed by atoms with Crippen LogP contribution in [-0.2, 0) is 4.79 Å². The molecule has 1 aliphatic heterocycles. The van der Waals surface area contributed by atoms with Crippen molar-refractivity contribution >= 4 is 23.2 Å². The third-order valence-corrected chi connectivity index (χ3v) is 6.00. The van der Waals surface area contributed by atoms with Gasteiger partial charge in [0, 0.05) is 36.1 Å². The predicted octanol–water partition coefficient (Wildman–Crippen LogP) is 3.24. The van der Waals surface area contributed by atoms with Gasteiger partial charge in [0.1, 0.15) is 0 Å². The van der Waals surface area contributed by atoms with Gasteiger partial charge in [-0.25, -0.2) is 0 Å². The molecule has 3 aromatic rings. The Morgan fingerprint density at radius 3 is 2.48 bits per heavy atom. The normalized spacial score (nSPS) is 14.6. The van der Waals surface area contributed by atoms with Crippen LogP contribution in [0.15, 0.2) is 65.2 Å². The number of likely N-dealkylation sites (tertiary alicyclic amines) is 1. The number of nitrogens with zero attached hydrogens (tertiary/aromatic N) is 3. The van der Waals surface area contributed by atoms with Crippen LogP contribution in [0.5, 0.6) is 0 Å². The molecule has 2 amide bonds. The minimum atomic E-state index is -0.466. The molecule has 1 fully saturated rings. The molecule has 4 rings (SSSR count). The number of hydrogen-bond acceptors (Lipinski definition) is 6. The van der Waals surface area contributed by atoms with Gasteiger partial charge >= 0.3 is 0 Å². The first kappa shape index (κ1) is 22.5. The number of piperidine rings is 1. The van der Waals surface area contributed by atoms with E-state index in [1.54, 1.807) is 6.07 Å². The van der Waals surface area contributed by atoms with Crippen molar-refractivity contribution < 1.29 is 14.1 Å². The van der Waals surface area contributed by atoms with E-state index in [-0.39, 0.29) is 18.1 Å². The van der Waals surface area contributed by atoms with Crippen LogP contribution in [0.3, 0.4) is 0 Å². The van der Waals surface area contributed by atoms with Crippen LogP contribution in [0.1, 0.15) is 23.3 Å². The van der Waals surface area contributed by atoms with Crippen molar-refractivity contribution in [1.29, 1.82) is 0 Å². The molecule has 33 heavy (non-hydrogen) atoms. The Morgan fingerprint density at radius 1 is 1.09 bits per heavy atom. The van der Waals surface area contributed by atoms with Crippen molar-refractivity contribution in [3.63, 3.8) is 0 Å². The van der Waals surface area contributed by atoms with Crippen molar-refractivity contribution in [2.45, 2.75) is 18.9 Å². The molecule has 1 aromatic heterocycles. The summed E-state index contributed by atoms with van der Waals surface area (Å²) < 4.78 is 5.24. The van der Waals surface area contributed by atoms with E-state index in [4.69, 9.17) is 4.52 Å². The number of carbonyl (C=O) groups is 2. The van der Waals surface area contributed by atoms with Crippen molar-refractivity contribution in [3.05, 3.63) is 66.4 Å². The Morgan fingerprint density at radius 2 is 1.79 bits per heavy atom. The fourth-order valence-corrected chi connectivity index (χ4v) is 3.95. The topological polar surface area (TPSA) is 90.7 Å².